The molecular weight excluding hydrogens is 184 g/mol. The lowest BCUT2D eigenvalue weighted by Gasteiger charge is -2.12. The fraction of sp³-hybridized carbons (Fsp3) is 0.429. The summed E-state index contributed by atoms with van der Waals surface area (Å²) in [6.07, 6.45) is 0. The highest BCUT2D eigenvalue weighted by atomic mass is 16.5. The molecule has 1 heteroatoms. The lowest BCUT2D eigenvalue weighted by Crippen LogP contribution is -2.00. The Balaban J connectivity index is 2.85. The Morgan fingerprint density at radius 3 is 2.60 bits per heavy atom. The van der Waals surface area contributed by atoms with Gasteiger partial charge in [0.2, 0.25) is 0 Å². The van der Waals surface area contributed by atoms with Crippen LogP contribution in [-0.2, 0) is 0 Å². The van der Waals surface area contributed by atoms with E-state index >= 15 is 0 Å². The van der Waals surface area contributed by atoms with Crippen molar-refractivity contribution in [3.05, 3.63) is 41.5 Å². The van der Waals surface area contributed by atoms with Gasteiger partial charge in [0.05, 0.1) is 0 Å². The van der Waals surface area contributed by atoms with Gasteiger partial charge in [0, 0.05) is 0 Å². The first kappa shape index (κ1) is 11.8. The zero-order chi connectivity index (χ0) is 11.4. The molecule has 0 aliphatic rings. The lowest BCUT2D eigenvalue weighted by atomic mass is 10.0. The number of aryl methyl sites for hydroxylation is 1. The Labute approximate surface area is 92.8 Å². The molecule has 0 bridgehead atoms. The zero-order valence-electron chi connectivity index (χ0n) is 10.1. The molecule has 1 aromatic rings. The Morgan fingerprint density at radius 1 is 1.40 bits per heavy atom. The summed E-state index contributed by atoms with van der Waals surface area (Å²) in [4.78, 5) is 0. The third-order valence-electron chi connectivity index (χ3n) is 2.35. The Kier molecular flexibility index (Phi) is 3.96. The van der Waals surface area contributed by atoms with Gasteiger partial charge in [0.25, 0.3) is 0 Å². The van der Waals surface area contributed by atoms with E-state index in [1.54, 1.807) is 0 Å². The highest BCUT2D eigenvalue weighted by molar-refractivity contribution is 5.37. The van der Waals surface area contributed by atoms with Crippen molar-refractivity contribution in [2.75, 3.05) is 6.61 Å². The molecule has 0 saturated carbocycles. The molecule has 0 aliphatic carbocycles. The second kappa shape index (κ2) is 5.01. The van der Waals surface area contributed by atoms with E-state index in [1.807, 2.05) is 6.92 Å². The maximum Gasteiger partial charge on any atom is 0.122 e. The van der Waals surface area contributed by atoms with Crippen LogP contribution >= 0.6 is 0 Å². The van der Waals surface area contributed by atoms with Gasteiger partial charge in [-0.2, -0.15) is 0 Å². The van der Waals surface area contributed by atoms with E-state index in [-0.39, 0.29) is 0 Å². The highest BCUT2D eigenvalue weighted by Gasteiger charge is 2.04. The standard InChI is InChI=1S/C14H20O/c1-10(2)9-15-14-8-13(11(3)4)7-6-12(14)5/h6-8,11H,1,9H2,2-5H3. The molecule has 1 nitrogen and oxygen atoms in total. The van der Waals surface area contributed by atoms with Crippen molar-refractivity contribution in [3.8, 4) is 5.75 Å². The average Bonchev–Trinajstić information content (AvgIpc) is 2.16. The summed E-state index contributed by atoms with van der Waals surface area (Å²) < 4.78 is 5.69. The molecular formula is C14H20O. The number of rotatable bonds is 4. The fourth-order valence-electron chi connectivity index (χ4n) is 1.33. The highest BCUT2D eigenvalue weighted by Crippen LogP contribution is 2.24. The molecule has 0 aromatic heterocycles. The summed E-state index contributed by atoms with van der Waals surface area (Å²) >= 11 is 0. The summed E-state index contributed by atoms with van der Waals surface area (Å²) in [7, 11) is 0. The molecule has 0 atom stereocenters. The Morgan fingerprint density at radius 2 is 2.07 bits per heavy atom. The zero-order valence-corrected chi connectivity index (χ0v) is 10.1. The summed E-state index contributed by atoms with van der Waals surface area (Å²) in [5, 5.41) is 0. The third kappa shape index (κ3) is 3.43. The maximum absolute atomic E-state index is 5.69. The molecule has 1 aromatic carbocycles. The first-order chi connectivity index (χ1) is 7.00. The molecule has 15 heavy (non-hydrogen) atoms. The number of hydrogen-bond acceptors (Lipinski definition) is 1. The van der Waals surface area contributed by atoms with Gasteiger partial charge in [-0.05, 0) is 42.5 Å². The molecule has 0 radical (unpaired) electrons. The third-order valence-corrected chi connectivity index (χ3v) is 2.35. The smallest absolute Gasteiger partial charge is 0.122 e. The maximum atomic E-state index is 5.69. The van der Waals surface area contributed by atoms with Crippen molar-refractivity contribution in [2.24, 2.45) is 0 Å². The number of hydrogen-bond donors (Lipinski definition) is 0. The van der Waals surface area contributed by atoms with Gasteiger partial charge in [-0.25, -0.2) is 0 Å². The van der Waals surface area contributed by atoms with E-state index < -0.39 is 0 Å². The number of benzene rings is 1. The average molecular weight is 204 g/mol. The van der Waals surface area contributed by atoms with Crippen molar-refractivity contribution in [2.45, 2.75) is 33.6 Å². The predicted octanol–water partition coefficient (Wildman–Crippen LogP) is 4.07. The number of ether oxygens (including phenoxy) is 1. The molecule has 0 spiro atoms. The topological polar surface area (TPSA) is 9.23 Å². The molecule has 0 saturated heterocycles. The summed E-state index contributed by atoms with van der Waals surface area (Å²) in [5.74, 6) is 1.52. The molecule has 0 unspecified atom stereocenters. The van der Waals surface area contributed by atoms with Crippen molar-refractivity contribution in [1.29, 1.82) is 0 Å². The van der Waals surface area contributed by atoms with Crippen LogP contribution in [0.4, 0.5) is 0 Å². The van der Waals surface area contributed by atoms with Gasteiger partial charge in [-0.15, -0.1) is 0 Å². The normalized spacial score (nSPS) is 10.5. The van der Waals surface area contributed by atoms with Crippen molar-refractivity contribution in [1.82, 2.24) is 0 Å². The SMILES string of the molecule is C=C(C)COc1cc(C(C)C)ccc1C. The van der Waals surface area contributed by atoms with Crippen LogP contribution in [0.5, 0.6) is 5.75 Å². The van der Waals surface area contributed by atoms with Crippen LogP contribution in [0.15, 0.2) is 30.4 Å². The molecule has 82 valence electrons. The van der Waals surface area contributed by atoms with E-state index in [1.165, 1.54) is 11.1 Å². The summed E-state index contributed by atoms with van der Waals surface area (Å²) in [6.45, 7) is 12.8. The first-order valence-electron chi connectivity index (χ1n) is 5.38. The van der Waals surface area contributed by atoms with E-state index in [0.717, 1.165) is 11.3 Å². The van der Waals surface area contributed by atoms with Crippen molar-refractivity contribution < 1.29 is 4.74 Å². The van der Waals surface area contributed by atoms with Crippen LogP contribution in [0.3, 0.4) is 0 Å². The summed E-state index contributed by atoms with van der Waals surface area (Å²) in [6, 6.07) is 6.40. The van der Waals surface area contributed by atoms with Crippen LogP contribution in [0.25, 0.3) is 0 Å². The quantitative estimate of drug-likeness (QED) is 0.672. The largest absolute Gasteiger partial charge is 0.489 e. The Hall–Kier alpha value is -1.24. The second-order valence-corrected chi connectivity index (χ2v) is 4.43. The van der Waals surface area contributed by atoms with E-state index in [2.05, 4.69) is 45.5 Å². The van der Waals surface area contributed by atoms with Crippen LogP contribution in [0, 0.1) is 6.92 Å². The molecule has 0 heterocycles. The first-order valence-corrected chi connectivity index (χ1v) is 5.38. The summed E-state index contributed by atoms with van der Waals surface area (Å²) in [5.41, 5.74) is 3.54. The van der Waals surface area contributed by atoms with Gasteiger partial charge < -0.3 is 4.74 Å². The van der Waals surface area contributed by atoms with Gasteiger partial charge >= 0.3 is 0 Å². The van der Waals surface area contributed by atoms with Crippen LogP contribution < -0.4 is 4.74 Å². The minimum atomic E-state index is 0.540. The van der Waals surface area contributed by atoms with Gasteiger partial charge in [0.15, 0.2) is 0 Å². The van der Waals surface area contributed by atoms with Gasteiger partial charge in [-0.1, -0.05) is 32.6 Å². The molecule has 0 fully saturated rings. The minimum Gasteiger partial charge on any atom is -0.489 e. The van der Waals surface area contributed by atoms with E-state index in [0.29, 0.717) is 12.5 Å². The van der Waals surface area contributed by atoms with Crippen molar-refractivity contribution in [3.63, 3.8) is 0 Å². The van der Waals surface area contributed by atoms with Gasteiger partial charge in [0.1, 0.15) is 12.4 Å². The fourth-order valence-corrected chi connectivity index (χ4v) is 1.33. The molecule has 0 N–H and O–H groups in total. The Bertz CT molecular complexity index is 350. The molecule has 1 rings (SSSR count). The molecule has 0 aliphatic heterocycles. The minimum absolute atomic E-state index is 0.540. The molecule has 0 amide bonds. The lowest BCUT2D eigenvalue weighted by molar-refractivity contribution is 0.349. The van der Waals surface area contributed by atoms with Gasteiger partial charge in [-0.3, -0.25) is 0 Å². The van der Waals surface area contributed by atoms with Crippen LogP contribution in [0.1, 0.15) is 37.8 Å². The second-order valence-electron chi connectivity index (χ2n) is 4.43. The van der Waals surface area contributed by atoms with E-state index in [4.69, 9.17) is 4.74 Å². The van der Waals surface area contributed by atoms with Crippen LogP contribution in [0.2, 0.25) is 0 Å². The monoisotopic (exact) mass is 204 g/mol. The van der Waals surface area contributed by atoms with Crippen LogP contribution in [-0.4, -0.2) is 6.61 Å². The van der Waals surface area contributed by atoms with Crippen molar-refractivity contribution >= 4 is 0 Å². The van der Waals surface area contributed by atoms with E-state index in [9.17, 15) is 0 Å². The predicted molar refractivity (Wildman–Crippen MR) is 65.6 cm³/mol.